The van der Waals surface area contributed by atoms with Crippen LogP contribution in [0.4, 0.5) is 8.78 Å². The third-order valence-electron chi connectivity index (χ3n) is 0.455. The minimum Gasteiger partial charge on any atom is -0.390 e. The Morgan fingerprint density at radius 3 is 2.80 bits per heavy atom. The molecule has 2 N–H and O–H groups in total. The molecule has 0 saturated heterocycles. The number of primary amides is 1. The van der Waals surface area contributed by atoms with Gasteiger partial charge >= 0.3 is 0 Å². The van der Waals surface area contributed by atoms with Gasteiger partial charge in [0, 0.05) is 0 Å². The van der Waals surface area contributed by atoms with Crippen molar-refractivity contribution in [3.63, 3.8) is 0 Å². The van der Waals surface area contributed by atoms with E-state index in [1.807, 2.05) is 0 Å². The fourth-order valence-corrected chi connectivity index (χ4v) is 0.189. The molecule has 0 aliphatic rings. The van der Waals surface area contributed by atoms with Gasteiger partial charge < -0.3 is 10.6 Å². The summed E-state index contributed by atoms with van der Waals surface area (Å²) in [6.07, 6.45) is -1.98. The van der Waals surface area contributed by atoms with Crippen LogP contribution in [-0.2, 0) is 9.63 Å². The minimum atomic E-state index is -2.59. The van der Waals surface area contributed by atoms with Gasteiger partial charge in [0.05, 0.1) is 0 Å². The van der Waals surface area contributed by atoms with Crippen molar-refractivity contribution in [2.24, 2.45) is 10.9 Å². The van der Waals surface area contributed by atoms with E-state index in [9.17, 15) is 13.6 Å². The van der Waals surface area contributed by atoms with Gasteiger partial charge in [0.2, 0.25) is 0 Å². The summed E-state index contributed by atoms with van der Waals surface area (Å²) in [7, 11) is 0. The average Bonchev–Trinajstić information content (AvgIpc) is 1.79. The molecule has 0 fully saturated rings. The summed E-state index contributed by atoms with van der Waals surface area (Å²) in [5.41, 5.74) is 4.55. The number of halogens is 2. The Bertz CT molecular complexity index is 137. The Morgan fingerprint density at radius 1 is 1.80 bits per heavy atom. The second-order valence-electron chi connectivity index (χ2n) is 1.32. The van der Waals surface area contributed by atoms with Crippen LogP contribution < -0.4 is 5.73 Å². The summed E-state index contributed by atoms with van der Waals surface area (Å²) >= 11 is 0. The quantitative estimate of drug-likeness (QED) is 0.445. The maximum Gasteiger partial charge on any atom is 0.274 e. The van der Waals surface area contributed by atoms with Crippen molar-refractivity contribution in [1.29, 1.82) is 0 Å². The van der Waals surface area contributed by atoms with E-state index in [2.05, 4.69) is 15.7 Å². The Hall–Kier alpha value is -1.20. The van der Waals surface area contributed by atoms with Gasteiger partial charge in [-0.05, 0) is 0 Å². The average molecular weight is 152 g/mol. The number of hydrogen-bond donors (Lipinski definition) is 1. The second-order valence-corrected chi connectivity index (χ2v) is 1.32. The van der Waals surface area contributed by atoms with Crippen LogP contribution in [0.1, 0.15) is 0 Å². The van der Waals surface area contributed by atoms with Gasteiger partial charge in [-0.3, -0.25) is 4.79 Å². The zero-order valence-electron chi connectivity index (χ0n) is 4.96. The molecule has 0 unspecified atom stereocenters. The van der Waals surface area contributed by atoms with Crippen molar-refractivity contribution in [2.75, 3.05) is 6.61 Å². The van der Waals surface area contributed by atoms with Gasteiger partial charge in [-0.1, -0.05) is 5.16 Å². The van der Waals surface area contributed by atoms with Crippen molar-refractivity contribution in [2.45, 2.75) is 6.43 Å². The molecule has 4 nitrogen and oxygen atoms in total. The molecule has 1 amide bonds. The highest BCUT2D eigenvalue weighted by molar-refractivity contribution is 6.25. The molecule has 0 aliphatic carbocycles. The molecule has 58 valence electrons. The van der Waals surface area contributed by atoms with Crippen molar-refractivity contribution in [1.82, 2.24) is 0 Å². The van der Waals surface area contributed by atoms with Gasteiger partial charge in [0.15, 0.2) is 6.61 Å². The fraction of sp³-hybridized carbons (Fsp3) is 0.500. The first-order chi connectivity index (χ1) is 4.63. The first-order valence-electron chi connectivity index (χ1n) is 2.36. The van der Waals surface area contributed by atoms with Gasteiger partial charge in [0.25, 0.3) is 12.3 Å². The fourth-order valence-electron chi connectivity index (χ4n) is 0.189. The number of alkyl halides is 2. The van der Waals surface area contributed by atoms with Gasteiger partial charge in [-0.15, -0.1) is 0 Å². The molecule has 0 bridgehead atoms. The van der Waals surface area contributed by atoms with E-state index >= 15 is 0 Å². The van der Waals surface area contributed by atoms with Crippen LogP contribution in [-0.4, -0.2) is 25.2 Å². The van der Waals surface area contributed by atoms with E-state index in [0.29, 0.717) is 6.21 Å². The highest BCUT2D eigenvalue weighted by Crippen LogP contribution is 1.91. The van der Waals surface area contributed by atoms with Crippen LogP contribution in [0.5, 0.6) is 0 Å². The number of nitrogens with two attached hydrogens (primary N) is 1. The van der Waals surface area contributed by atoms with Crippen LogP contribution in [0.15, 0.2) is 5.16 Å². The predicted molar refractivity (Wildman–Crippen MR) is 29.6 cm³/mol. The molecule has 0 aliphatic heterocycles. The van der Waals surface area contributed by atoms with Gasteiger partial charge in [-0.2, -0.15) is 0 Å². The number of carbonyl (C=O) groups excluding carboxylic acids is 1. The number of oxime groups is 1. The topological polar surface area (TPSA) is 64.7 Å². The zero-order chi connectivity index (χ0) is 7.98. The molecule has 0 rings (SSSR count). The summed E-state index contributed by atoms with van der Waals surface area (Å²) in [5, 5.41) is 2.83. The molecule has 6 heteroatoms. The second kappa shape index (κ2) is 4.66. The summed E-state index contributed by atoms with van der Waals surface area (Å²) in [5.74, 6) is -0.839. The molecule has 10 heavy (non-hydrogen) atoms. The van der Waals surface area contributed by atoms with Gasteiger partial charge in [-0.25, -0.2) is 8.78 Å². The molecular formula is C4H6F2N2O2. The Morgan fingerprint density at radius 2 is 2.40 bits per heavy atom. The van der Waals surface area contributed by atoms with E-state index < -0.39 is 18.9 Å². The minimum absolute atomic E-state index is 0.613. The lowest BCUT2D eigenvalue weighted by Crippen LogP contribution is -2.12. The van der Waals surface area contributed by atoms with E-state index in [1.165, 1.54) is 0 Å². The van der Waals surface area contributed by atoms with Crippen LogP contribution >= 0.6 is 0 Å². The highest BCUT2D eigenvalue weighted by Gasteiger charge is 2.00. The van der Waals surface area contributed by atoms with Crippen molar-refractivity contribution < 1.29 is 18.4 Å². The van der Waals surface area contributed by atoms with Crippen LogP contribution in [0.3, 0.4) is 0 Å². The molecule has 0 aromatic rings. The van der Waals surface area contributed by atoms with E-state index in [1.54, 1.807) is 0 Å². The van der Waals surface area contributed by atoms with Crippen molar-refractivity contribution >= 4 is 12.1 Å². The van der Waals surface area contributed by atoms with E-state index in [-0.39, 0.29) is 0 Å². The molecule has 0 radical (unpaired) electrons. The lowest BCUT2D eigenvalue weighted by Gasteiger charge is -1.94. The molecule has 0 aromatic carbocycles. The van der Waals surface area contributed by atoms with Crippen LogP contribution in [0.25, 0.3) is 0 Å². The van der Waals surface area contributed by atoms with Gasteiger partial charge in [0.1, 0.15) is 6.21 Å². The smallest absolute Gasteiger partial charge is 0.274 e. The van der Waals surface area contributed by atoms with Crippen LogP contribution in [0.2, 0.25) is 0 Å². The van der Waals surface area contributed by atoms with E-state index in [0.717, 1.165) is 0 Å². The molecular weight excluding hydrogens is 146 g/mol. The predicted octanol–water partition coefficient (Wildman–Crippen LogP) is -0.261. The first-order valence-corrected chi connectivity index (χ1v) is 2.36. The number of amides is 1. The monoisotopic (exact) mass is 152 g/mol. The van der Waals surface area contributed by atoms with E-state index in [4.69, 9.17) is 0 Å². The third-order valence-corrected chi connectivity index (χ3v) is 0.455. The Kier molecular flexibility index (Phi) is 4.10. The summed E-state index contributed by atoms with van der Waals surface area (Å²) in [6, 6.07) is 0. The molecule has 0 heterocycles. The zero-order valence-corrected chi connectivity index (χ0v) is 4.96. The number of carbonyl (C=O) groups is 1. The largest absolute Gasteiger partial charge is 0.390 e. The Labute approximate surface area is 55.6 Å². The maximum atomic E-state index is 11.2. The molecule has 0 spiro atoms. The molecule has 0 atom stereocenters. The third kappa shape index (κ3) is 6.80. The first kappa shape index (κ1) is 8.80. The van der Waals surface area contributed by atoms with Crippen molar-refractivity contribution in [3.8, 4) is 0 Å². The molecule has 0 aromatic heterocycles. The molecule has 0 saturated carbocycles. The SMILES string of the molecule is NC(=O)C=NOCC(F)F. The summed E-state index contributed by atoms with van der Waals surface area (Å²) in [6.45, 7) is -0.830. The van der Waals surface area contributed by atoms with Crippen LogP contribution in [0, 0.1) is 0 Å². The maximum absolute atomic E-state index is 11.2. The summed E-state index contributed by atoms with van der Waals surface area (Å²) in [4.78, 5) is 13.8. The summed E-state index contributed by atoms with van der Waals surface area (Å²) < 4.78 is 22.5. The number of rotatable bonds is 4. The Balaban J connectivity index is 3.27. The normalized spacial score (nSPS) is 10.7. The van der Waals surface area contributed by atoms with Crippen molar-refractivity contribution in [3.05, 3.63) is 0 Å². The lowest BCUT2D eigenvalue weighted by molar-refractivity contribution is -0.111. The standard InChI is InChI=1S/C4H6F2N2O2/c5-3(6)2-10-8-1-4(7)9/h1,3H,2H2,(H2,7,9). The lowest BCUT2D eigenvalue weighted by atomic mass is 10.7. The number of nitrogens with zero attached hydrogens (tertiary/aromatic N) is 1. The highest BCUT2D eigenvalue weighted by atomic mass is 19.3. The number of hydrogen-bond acceptors (Lipinski definition) is 3.